The van der Waals surface area contributed by atoms with E-state index < -0.39 is 0 Å². The minimum atomic E-state index is -0.101. The molecule has 0 saturated heterocycles. The molecule has 2 rings (SSSR count). The van der Waals surface area contributed by atoms with Crippen molar-refractivity contribution in [2.45, 2.75) is 13.0 Å². The fourth-order valence-corrected chi connectivity index (χ4v) is 2.19. The Morgan fingerprint density at radius 2 is 2.16 bits per heavy atom. The summed E-state index contributed by atoms with van der Waals surface area (Å²) in [5, 5.41) is 0. The molecule has 1 aromatic carbocycles. The van der Waals surface area contributed by atoms with Crippen LogP contribution in [-0.2, 0) is 13.0 Å². The molecule has 0 aliphatic rings. The summed E-state index contributed by atoms with van der Waals surface area (Å²) in [7, 11) is 1.58. The standard InChI is InChI=1S/C14H14BrNO3/c1-18-13-4-2-10(15)6-9(13)7-12(17)14-5-3-11(8-16)19-14/h2-6H,7-8,16H2,1H3. The number of Topliss-reactive ketones (excluding diaryl/α,β-unsaturated/α-hetero) is 1. The van der Waals surface area contributed by atoms with Gasteiger partial charge in [0, 0.05) is 16.5 Å². The van der Waals surface area contributed by atoms with Crippen LogP contribution in [0.1, 0.15) is 21.9 Å². The first-order chi connectivity index (χ1) is 9.13. The highest BCUT2D eigenvalue weighted by Gasteiger charge is 2.14. The molecule has 0 atom stereocenters. The fraction of sp³-hybridized carbons (Fsp3) is 0.214. The maximum absolute atomic E-state index is 12.1. The first-order valence-electron chi connectivity index (χ1n) is 5.78. The second-order valence-corrected chi connectivity index (χ2v) is 4.94. The molecular formula is C14H14BrNO3. The van der Waals surface area contributed by atoms with Gasteiger partial charge in [-0.05, 0) is 30.3 Å². The van der Waals surface area contributed by atoms with E-state index in [-0.39, 0.29) is 18.7 Å². The molecule has 0 saturated carbocycles. The number of hydrogen-bond acceptors (Lipinski definition) is 4. The summed E-state index contributed by atoms with van der Waals surface area (Å²) >= 11 is 3.38. The van der Waals surface area contributed by atoms with E-state index in [0.29, 0.717) is 17.3 Å². The summed E-state index contributed by atoms with van der Waals surface area (Å²) < 4.78 is 11.5. The number of ketones is 1. The van der Waals surface area contributed by atoms with E-state index in [9.17, 15) is 4.79 Å². The van der Waals surface area contributed by atoms with Gasteiger partial charge in [-0.1, -0.05) is 15.9 Å². The molecule has 1 aromatic heterocycles. The number of carbonyl (C=O) groups excluding carboxylic acids is 1. The average Bonchev–Trinajstić information content (AvgIpc) is 2.88. The number of hydrogen-bond donors (Lipinski definition) is 1. The van der Waals surface area contributed by atoms with Crippen LogP contribution in [0.5, 0.6) is 5.75 Å². The molecule has 0 amide bonds. The van der Waals surface area contributed by atoms with E-state index in [0.717, 1.165) is 10.0 Å². The summed E-state index contributed by atoms with van der Waals surface area (Å²) in [5.41, 5.74) is 6.26. The Morgan fingerprint density at radius 1 is 1.37 bits per heavy atom. The minimum Gasteiger partial charge on any atom is -0.496 e. The third-order valence-electron chi connectivity index (χ3n) is 2.73. The Bertz CT molecular complexity index is 592. The predicted octanol–water partition coefficient (Wildman–Crippen LogP) is 2.93. The van der Waals surface area contributed by atoms with Gasteiger partial charge in [0.25, 0.3) is 0 Å². The maximum Gasteiger partial charge on any atom is 0.202 e. The van der Waals surface area contributed by atoms with Crippen LogP contribution in [0.25, 0.3) is 0 Å². The largest absolute Gasteiger partial charge is 0.496 e. The SMILES string of the molecule is COc1ccc(Br)cc1CC(=O)c1ccc(CN)o1. The van der Waals surface area contributed by atoms with E-state index in [1.165, 1.54) is 0 Å². The summed E-state index contributed by atoms with van der Waals surface area (Å²) in [5.74, 6) is 1.50. The highest BCUT2D eigenvalue weighted by atomic mass is 79.9. The van der Waals surface area contributed by atoms with E-state index in [4.69, 9.17) is 14.9 Å². The van der Waals surface area contributed by atoms with E-state index >= 15 is 0 Å². The Balaban J connectivity index is 2.20. The topological polar surface area (TPSA) is 65.5 Å². The van der Waals surface area contributed by atoms with Crippen LogP contribution in [0.4, 0.5) is 0 Å². The lowest BCUT2D eigenvalue weighted by atomic mass is 10.1. The average molecular weight is 324 g/mol. The Hall–Kier alpha value is -1.59. The number of furan rings is 1. The molecule has 0 aliphatic heterocycles. The van der Waals surface area contributed by atoms with Crippen LogP contribution in [0, 0.1) is 0 Å². The normalized spacial score (nSPS) is 10.5. The van der Waals surface area contributed by atoms with Crippen molar-refractivity contribution in [3.05, 3.63) is 51.9 Å². The first kappa shape index (κ1) is 13.8. The van der Waals surface area contributed by atoms with Gasteiger partial charge in [0.1, 0.15) is 11.5 Å². The zero-order valence-electron chi connectivity index (χ0n) is 10.5. The van der Waals surface area contributed by atoms with Crippen molar-refractivity contribution in [2.24, 2.45) is 5.73 Å². The number of carbonyl (C=O) groups is 1. The van der Waals surface area contributed by atoms with Crippen molar-refractivity contribution in [3.63, 3.8) is 0 Å². The highest BCUT2D eigenvalue weighted by Crippen LogP contribution is 2.24. The molecule has 0 unspecified atom stereocenters. The summed E-state index contributed by atoms with van der Waals surface area (Å²) in [6, 6.07) is 8.91. The molecule has 2 N–H and O–H groups in total. The molecule has 100 valence electrons. The lowest BCUT2D eigenvalue weighted by Crippen LogP contribution is -2.04. The van der Waals surface area contributed by atoms with Crippen LogP contribution in [-0.4, -0.2) is 12.9 Å². The molecule has 0 fully saturated rings. The third-order valence-corrected chi connectivity index (χ3v) is 3.22. The minimum absolute atomic E-state index is 0.101. The third kappa shape index (κ3) is 3.24. The molecule has 0 radical (unpaired) electrons. The van der Waals surface area contributed by atoms with Crippen LogP contribution in [0.15, 0.2) is 39.2 Å². The highest BCUT2D eigenvalue weighted by molar-refractivity contribution is 9.10. The molecular weight excluding hydrogens is 310 g/mol. The maximum atomic E-state index is 12.1. The fourth-order valence-electron chi connectivity index (χ4n) is 1.78. The van der Waals surface area contributed by atoms with Gasteiger partial charge in [-0.15, -0.1) is 0 Å². The van der Waals surface area contributed by atoms with E-state index in [2.05, 4.69) is 15.9 Å². The van der Waals surface area contributed by atoms with Crippen molar-refractivity contribution in [3.8, 4) is 5.75 Å². The smallest absolute Gasteiger partial charge is 0.202 e. The molecule has 0 aliphatic carbocycles. The number of halogens is 1. The van der Waals surface area contributed by atoms with Gasteiger partial charge in [0.05, 0.1) is 13.7 Å². The zero-order chi connectivity index (χ0) is 13.8. The zero-order valence-corrected chi connectivity index (χ0v) is 12.1. The molecule has 0 spiro atoms. The molecule has 4 nitrogen and oxygen atoms in total. The van der Waals surface area contributed by atoms with Gasteiger partial charge in [-0.2, -0.15) is 0 Å². The Morgan fingerprint density at radius 3 is 2.79 bits per heavy atom. The number of benzene rings is 1. The van der Waals surface area contributed by atoms with Gasteiger partial charge < -0.3 is 14.9 Å². The van der Waals surface area contributed by atoms with Crippen LogP contribution < -0.4 is 10.5 Å². The van der Waals surface area contributed by atoms with Crippen LogP contribution in [0.3, 0.4) is 0 Å². The van der Waals surface area contributed by atoms with Crippen molar-refractivity contribution in [2.75, 3.05) is 7.11 Å². The monoisotopic (exact) mass is 323 g/mol. The van der Waals surface area contributed by atoms with Crippen molar-refractivity contribution in [1.82, 2.24) is 0 Å². The second-order valence-electron chi connectivity index (χ2n) is 4.03. The molecule has 2 aromatic rings. The van der Waals surface area contributed by atoms with Crippen LogP contribution in [0.2, 0.25) is 0 Å². The van der Waals surface area contributed by atoms with Crippen molar-refractivity contribution < 1.29 is 13.9 Å². The summed E-state index contributed by atoms with van der Waals surface area (Å²) in [4.78, 5) is 12.1. The number of rotatable bonds is 5. The van der Waals surface area contributed by atoms with Crippen molar-refractivity contribution >= 4 is 21.7 Å². The lowest BCUT2D eigenvalue weighted by molar-refractivity contribution is 0.0964. The van der Waals surface area contributed by atoms with Gasteiger partial charge >= 0.3 is 0 Å². The lowest BCUT2D eigenvalue weighted by Gasteiger charge is -2.07. The van der Waals surface area contributed by atoms with Gasteiger partial charge in [0.2, 0.25) is 5.78 Å². The summed E-state index contributed by atoms with van der Waals surface area (Å²) in [6.45, 7) is 0.285. The Kier molecular flexibility index (Phi) is 4.39. The van der Waals surface area contributed by atoms with E-state index in [1.54, 1.807) is 19.2 Å². The van der Waals surface area contributed by atoms with E-state index in [1.807, 2.05) is 18.2 Å². The number of ether oxygens (including phenoxy) is 1. The molecule has 19 heavy (non-hydrogen) atoms. The number of methoxy groups -OCH3 is 1. The van der Waals surface area contributed by atoms with Gasteiger partial charge in [-0.25, -0.2) is 0 Å². The Labute approximate surface area is 119 Å². The van der Waals surface area contributed by atoms with Gasteiger partial charge in [-0.3, -0.25) is 4.79 Å². The number of nitrogens with two attached hydrogens (primary N) is 1. The second kappa shape index (κ2) is 6.04. The summed E-state index contributed by atoms with van der Waals surface area (Å²) in [6.07, 6.45) is 0.222. The molecule has 0 bridgehead atoms. The van der Waals surface area contributed by atoms with Crippen LogP contribution >= 0.6 is 15.9 Å². The first-order valence-corrected chi connectivity index (χ1v) is 6.57. The quantitative estimate of drug-likeness (QED) is 0.859. The molecule has 5 heteroatoms. The van der Waals surface area contributed by atoms with Crippen molar-refractivity contribution in [1.29, 1.82) is 0 Å². The predicted molar refractivity (Wildman–Crippen MR) is 75.3 cm³/mol. The molecule has 1 heterocycles. The van der Waals surface area contributed by atoms with Gasteiger partial charge in [0.15, 0.2) is 5.76 Å².